The molecule has 0 spiro atoms. The maximum atomic E-state index is 3.61. The molecule has 0 radical (unpaired) electrons. The van der Waals surface area contributed by atoms with Crippen molar-refractivity contribution >= 4 is 23.8 Å². The summed E-state index contributed by atoms with van der Waals surface area (Å²) in [6, 6.07) is 33.9. The Morgan fingerprint density at radius 3 is 1.68 bits per heavy atom. The molecule has 28 heavy (non-hydrogen) atoms. The van der Waals surface area contributed by atoms with Crippen molar-refractivity contribution in [3.8, 4) is 0 Å². The highest BCUT2D eigenvalue weighted by Gasteiger charge is 2.48. The molecule has 1 heterocycles. The number of rotatable bonds is 5. The van der Waals surface area contributed by atoms with E-state index in [0.29, 0.717) is 6.04 Å². The monoisotopic (exact) mass is 384 g/mol. The molecule has 2 nitrogen and oxygen atoms in total. The first-order valence-electron chi connectivity index (χ1n) is 10.1. The summed E-state index contributed by atoms with van der Waals surface area (Å²) in [5.74, 6) is 0. The minimum absolute atomic E-state index is 0.381. The van der Waals surface area contributed by atoms with Crippen LogP contribution in [0.25, 0.3) is 0 Å². The van der Waals surface area contributed by atoms with Crippen molar-refractivity contribution in [2.24, 2.45) is 0 Å². The summed E-state index contributed by atoms with van der Waals surface area (Å²) < 4.78 is 2.81. The van der Waals surface area contributed by atoms with Crippen molar-refractivity contribution in [3.63, 3.8) is 0 Å². The topological polar surface area (TPSA) is 15.3 Å². The van der Waals surface area contributed by atoms with E-state index in [-0.39, 0.29) is 0 Å². The summed E-state index contributed by atoms with van der Waals surface area (Å²) in [6.07, 6.45) is 4.56. The lowest BCUT2D eigenvalue weighted by atomic mass is 10.2. The largest absolute Gasteiger partial charge is 0.314 e. The number of hydrogen-bond acceptors (Lipinski definition) is 2. The zero-order chi connectivity index (χ0) is 19.2. The van der Waals surface area contributed by atoms with Gasteiger partial charge in [-0.25, -0.2) is 0 Å². The Labute approximate surface area is 169 Å². The molecular weight excluding hydrogens is 356 g/mol. The molecule has 1 fully saturated rings. The van der Waals surface area contributed by atoms with Gasteiger partial charge in [-0.2, -0.15) is 0 Å². The highest BCUT2D eigenvalue weighted by atomic mass is 28.3. The predicted octanol–water partition coefficient (Wildman–Crippen LogP) is 2.50. The molecule has 142 valence electrons. The van der Waals surface area contributed by atoms with Crippen LogP contribution < -0.4 is 20.9 Å². The number of allylic oxidation sites excluding steroid dienone is 1. The van der Waals surface area contributed by atoms with Crippen LogP contribution in [0.5, 0.6) is 0 Å². The second kappa shape index (κ2) is 8.70. The van der Waals surface area contributed by atoms with Crippen LogP contribution in [-0.2, 0) is 0 Å². The van der Waals surface area contributed by atoms with Gasteiger partial charge in [-0.1, -0.05) is 103 Å². The minimum Gasteiger partial charge on any atom is -0.314 e. The van der Waals surface area contributed by atoms with Crippen LogP contribution in [0.1, 0.15) is 6.92 Å². The average molecular weight is 385 g/mol. The summed E-state index contributed by atoms with van der Waals surface area (Å²) in [7, 11) is -2.38. The van der Waals surface area contributed by atoms with Crippen LogP contribution in [0.2, 0.25) is 0 Å². The number of piperazine rings is 1. The maximum Gasteiger partial charge on any atom is 0.225 e. The van der Waals surface area contributed by atoms with Crippen molar-refractivity contribution in [2.75, 3.05) is 19.6 Å². The molecule has 0 aromatic heterocycles. The molecule has 0 bridgehead atoms. The van der Waals surface area contributed by atoms with Gasteiger partial charge in [0.2, 0.25) is 8.24 Å². The van der Waals surface area contributed by atoms with Crippen LogP contribution in [0.3, 0.4) is 0 Å². The SMILES string of the molecule is CC=CC1CNCCN1[Si](c1ccccc1)(c1ccccc1)c1ccccc1. The molecule has 0 saturated carbocycles. The fourth-order valence-electron chi connectivity index (χ4n) is 4.57. The number of benzene rings is 3. The van der Waals surface area contributed by atoms with Gasteiger partial charge in [-0.15, -0.1) is 0 Å². The fraction of sp³-hybridized carbons (Fsp3) is 0.200. The van der Waals surface area contributed by atoms with Gasteiger partial charge in [-0.05, 0) is 22.5 Å². The summed E-state index contributed by atoms with van der Waals surface area (Å²) in [5, 5.41) is 7.95. The van der Waals surface area contributed by atoms with Gasteiger partial charge >= 0.3 is 0 Å². The van der Waals surface area contributed by atoms with E-state index in [1.54, 1.807) is 0 Å². The molecule has 3 heteroatoms. The minimum atomic E-state index is -2.38. The molecule has 4 rings (SSSR count). The smallest absolute Gasteiger partial charge is 0.225 e. The molecule has 0 amide bonds. The second-order valence-corrected chi connectivity index (χ2v) is 11.0. The van der Waals surface area contributed by atoms with E-state index < -0.39 is 8.24 Å². The van der Waals surface area contributed by atoms with Gasteiger partial charge in [-0.3, -0.25) is 0 Å². The standard InChI is InChI=1S/C25H28N2Si/c1-2-12-22-21-26-19-20-27(22)28(23-13-6-3-7-14-23,24-15-8-4-9-16-24)25-17-10-5-11-18-25/h2-18,22,26H,19-21H2,1H3. The zero-order valence-electron chi connectivity index (χ0n) is 16.5. The number of nitrogens with one attached hydrogen (secondary N) is 1. The average Bonchev–Trinajstić information content (AvgIpc) is 2.78. The molecular formula is C25H28N2Si. The normalized spacial score (nSPS) is 18.4. The van der Waals surface area contributed by atoms with E-state index in [1.165, 1.54) is 15.6 Å². The van der Waals surface area contributed by atoms with Crippen LogP contribution in [0.15, 0.2) is 103 Å². The van der Waals surface area contributed by atoms with E-state index in [2.05, 4.69) is 120 Å². The van der Waals surface area contributed by atoms with Crippen molar-refractivity contribution in [1.82, 2.24) is 9.88 Å². The van der Waals surface area contributed by atoms with Gasteiger partial charge in [0.05, 0.1) is 0 Å². The van der Waals surface area contributed by atoms with E-state index in [1.807, 2.05) is 0 Å². The molecule has 3 aromatic rings. The highest BCUT2D eigenvalue weighted by molar-refractivity contribution is 7.09. The summed E-state index contributed by atoms with van der Waals surface area (Å²) >= 11 is 0. The summed E-state index contributed by atoms with van der Waals surface area (Å²) in [6.45, 7) is 5.18. The van der Waals surface area contributed by atoms with Gasteiger partial charge in [0.1, 0.15) is 0 Å². The van der Waals surface area contributed by atoms with E-state index in [4.69, 9.17) is 0 Å². The summed E-state index contributed by atoms with van der Waals surface area (Å²) in [5.41, 5.74) is 0. The van der Waals surface area contributed by atoms with Gasteiger partial charge in [0.15, 0.2) is 0 Å². The molecule has 1 atom stereocenters. The van der Waals surface area contributed by atoms with Gasteiger partial charge in [0.25, 0.3) is 0 Å². The van der Waals surface area contributed by atoms with Crippen molar-refractivity contribution < 1.29 is 0 Å². The third-order valence-corrected chi connectivity index (χ3v) is 10.6. The first-order chi connectivity index (χ1) is 13.9. The van der Waals surface area contributed by atoms with Crippen molar-refractivity contribution in [1.29, 1.82) is 0 Å². The Morgan fingerprint density at radius 1 is 0.786 bits per heavy atom. The predicted molar refractivity (Wildman–Crippen MR) is 122 cm³/mol. The Balaban J connectivity index is 2.04. The third-order valence-electron chi connectivity index (χ3n) is 5.70. The lowest BCUT2D eigenvalue weighted by Gasteiger charge is -2.49. The molecule has 1 saturated heterocycles. The zero-order valence-corrected chi connectivity index (χ0v) is 17.5. The van der Waals surface area contributed by atoms with Crippen LogP contribution in [0.4, 0.5) is 0 Å². The van der Waals surface area contributed by atoms with Crippen molar-refractivity contribution in [2.45, 2.75) is 13.0 Å². The summed E-state index contributed by atoms with van der Waals surface area (Å²) in [4.78, 5) is 0. The van der Waals surface area contributed by atoms with Crippen LogP contribution in [-0.4, -0.2) is 38.5 Å². The first-order valence-corrected chi connectivity index (χ1v) is 12.1. The van der Waals surface area contributed by atoms with E-state index in [0.717, 1.165) is 19.6 Å². The molecule has 1 aliphatic rings. The Hall–Kier alpha value is -2.46. The lowest BCUT2D eigenvalue weighted by molar-refractivity contribution is 0.308. The van der Waals surface area contributed by atoms with Gasteiger partial charge < -0.3 is 9.88 Å². The van der Waals surface area contributed by atoms with Crippen LogP contribution >= 0.6 is 0 Å². The Kier molecular flexibility index (Phi) is 5.86. The second-order valence-electron chi connectivity index (χ2n) is 7.30. The Morgan fingerprint density at radius 2 is 1.25 bits per heavy atom. The first kappa shape index (κ1) is 18.9. The number of hydrogen-bond donors (Lipinski definition) is 1. The molecule has 3 aromatic carbocycles. The van der Waals surface area contributed by atoms with E-state index >= 15 is 0 Å². The quantitative estimate of drug-likeness (QED) is 0.413. The molecule has 1 unspecified atom stereocenters. The molecule has 1 aliphatic heterocycles. The fourth-order valence-corrected chi connectivity index (χ4v) is 9.71. The maximum absolute atomic E-state index is 3.61. The molecule has 1 N–H and O–H groups in total. The van der Waals surface area contributed by atoms with Crippen molar-refractivity contribution in [3.05, 3.63) is 103 Å². The molecule has 0 aliphatic carbocycles. The Bertz CT molecular complexity index is 797. The third kappa shape index (κ3) is 3.37. The number of nitrogens with zero attached hydrogens (tertiary/aromatic N) is 1. The highest BCUT2D eigenvalue weighted by Crippen LogP contribution is 2.19. The van der Waals surface area contributed by atoms with Crippen LogP contribution in [0, 0.1) is 0 Å². The lowest BCUT2D eigenvalue weighted by Crippen LogP contribution is -2.80. The van der Waals surface area contributed by atoms with Gasteiger partial charge in [0, 0.05) is 25.7 Å². The van der Waals surface area contributed by atoms with E-state index in [9.17, 15) is 0 Å².